The van der Waals surface area contributed by atoms with Crippen LogP contribution in [0.4, 0.5) is 17.6 Å². The zero-order chi connectivity index (χ0) is 15.5. The summed E-state index contributed by atoms with van der Waals surface area (Å²) >= 11 is 0. The smallest absolute Gasteiger partial charge is 0.330 e. The van der Waals surface area contributed by atoms with Crippen molar-refractivity contribution in [3.8, 4) is 5.75 Å². The van der Waals surface area contributed by atoms with Gasteiger partial charge < -0.3 is 9.47 Å². The van der Waals surface area contributed by atoms with E-state index in [4.69, 9.17) is 4.74 Å². The summed E-state index contributed by atoms with van der Waals surface area (Å²) < 4.78 is 59.1. The first-order valence-corrected chi connectivity index (χ1v) is 6.43. The Hall–Kier alpha value is -1.63. The van der Waals surface area contributed by atoms with Gasteiger partial charge in [0.05, 0.1) is 12.2 Å². The predicted molar refractivity (Wildman–Crippen MR) is 66.4 cm³/mol. The number of alkyl halides is 4. The highest BCUT2D eigenvalue weighted by atomic mass is 19.3. The number of carbonyl (C=O) groups is 1. The van der Waals surface area contributed by atoms with Gasteiger partial charge in [-0.05, 0) is 24.5 Å². The number of aryl methyl sites for hydroxylation is 1. The average molecular weight is 306 g/mol. The number of ketones is 1. The lowest BCUT2D eigenvalue weighted by molar-refractivity contribution is -0.163. The summed E-state index contributed by atoms with van der Waals surface area (Å²) in [7, 11) is 0. The molecular formula is C14H14F4O3. The second-order valence-corrected chi connectivity index (χ2v) is 4.72. The molecule has 0 aromatic heterocycles. The van der Waals surface area contributed by atoms with Crippen LogP contribution in [0.1, 0.15) is 22.3 Å². The van der Waals surface area contributed by atoms with Crippen molar-refractivity contribution in [1.29, 1.82) is 0 Å². The molecule has 1 aromatic rings. The molecule has 0 atom stereocenters. The summed E-state index contributed by atoms with van der Waals surface area (Å²) in [4.78, 5) is 11.9. The molecule has 0 N–H and O–H groups in total. The summed E-state index contributed by atoms with van der Waals surface area (Å²) in [6.07, 6.45) is -2.22. The van der Waals surface area contributed by atoms with E-state index in [9.17, 15) is 22.4 Å². The summed E-state index contributed by atoms with van der Waals surface area (Å²) in [5, 5.41) is 0. The second kappa shape index (κ2) is 6.43. The molecule has 0 amide bonds. The number of hydrogen-bond acceptors (Lipinski definition) is 3. The molecule has 7 heteroatoms. The average Bonchev–Trinajstić information content (AvgIpc) is 2.46. The van der Waals surface area contributed by atoms with E-state index in [0.717, 1.165) is 18.4 Å². The first-order chi connectivity index (χ1) is 9.92. The van der Waals surface area contributed by atoms with Crippen molar-refractivity contribution in [3.05, 3.63) is 29.3 Å². The zero-order valence-corrected chi connectivity index (χ0v) is 11.1. The maximum atomic E-state index is 12.7. The van der Waals surface area contributed by atoms with Crippen molar-refractivity contribution in [3.63, 3.8) is 0 Å². The van der Waals surface area contributed by atoms with Crippen LogP contribution in [0.2, 0.25) is 0 Å². The van der Waals surface area contributed by atoms with Crippen molar-refractivity contribution in [2.45, 2.75) is 25.2 Å². The molecule has 0 fully saturated rings. The highest BCUT2D eigenvalue weighted by Crippen LogP contribution is 2.29. The van der Waals surface area contributed by atoms with E-state index in [2.05, 4.69) is 4.74 Å². The van der Waals surface area contributed by atoms with Gasteiger partial charge in [-0.15, -0.1) is 0 Å². The fraction of sp³-hybridized carbons (Fsp3) is 0.500. The van der Waals surface area contributed by atoms with Crippen LogP contribution in [0.25, 0.3) is 0 Å². The maximum absolute atomic E-state index is 12.7. The topological polar surface area (TPSA) is 35.5 Å². The van der Waals surface area contributed by atoms with Crippen molar-refractivity contribution >= 4 is 5.78 Å². The van der Waals surface area contributed by atoms with Crippen LogP contribution in [0.5, 0.6) is 5.75 Å². The molecule has 116 valence electrons. The quantitative estimate of drug-likeness (QED) is 0.598. The summed E-state index contributed by atoms with van der Waals surface area (Å²) in [6.45, 7) is -1.71. The standard InChI is InChI=1S/C14H14F4O3/c15-13(16)14(17,18)8-20-7-11(19)10-5-1-3-9-4-2-6-21-12(9)10/h1,3,5,13H,2,4,6-8H2. The number of carbonyl (C=O) groups excluding carboxylic acids is 1. The maximum Gasteiger partial charge on any atom is 0.330 e. The Labute approximate surface area is 118 Å². The van der Waals surface area contributed by atoms with Crippen LogP contribution in [0.15, 0.2) is 18.2 Å². The largest absolute Gasteiger partial charge is 0.493 e. The number of fused-ring (bicyclic) bond motifs is 1. The van der Waals surface area contributed by atoms with Gasteiger partial charge in [-0.25, -0.2) is 8.78 Å². The monoisotopic (exact) mass is 306 g/mol. The second-order valence-electron chi connectivity index (χ2n) is 4.72. The van der Waals surface area contributed by atoms with E-state index in [1.807, 2.05) is 6.07 Å². The van der Waals surface area contributed by atoms with Gasteiger partial charge in [0.15, 0.2) is 5.78 Å². The van der Waals surface area contributed by atoms with Crippen LogP contribution in [-0.2, 0) is 11.2 Å². The Morgan fingerprint density at radius 1 is 1.38 bits per heavy atom. The third-order valence-electron chi connectivity index (χ3n) is 3.08. The van der Waals surface area contributed by atoms with Crippen LogP contribution >= 0.6 is 0 Å². The molecule has 0 saturated heterocycles. The van der Waals surface area contributed by atoms with Gasteiger partial charge in [-0.3, -0.25) is 4.79 Å². The molecule has 0 spiro atoms. The van der Waals surface area contributed by atoms with Crippen LogP contribution in [-0.4, -0.2) is 38.0 Å². The normalized spacial score (nSPS) is 14.7. The van der Waals surface area contributed by atoms with Gasteiger partial charge >= 0.3 is 12.3 Å². The first-order valence-electron chi connectivity index (χ1n) is 6.43. The van der Waals surface area contributed by atoms with Gasteiger partial charge in [0.25, 0.3) is 0 Å². The zero-order valence-electron chi connectivity index (χ0n) is 11.1. The number of rotatable bonds is 6. The van der Waals surface area contributed by atoms with Gasteiger partial charge in [0, 0.05) is 0 Å². The molecule has 0 saturated carbocycles. The Bertz CT molecular complexity index is 517. The number of hydrogen-bond donors (Lipinski definition) is 0. The number of ether oxygens (including phenoxy) is 2. The van der Waals surface area contributed by atoms with Crippen molar-refractivity contribution < 1.29 is 31.8 Å². The molecule has 1 heterocycles. The molecule has 0 unspecified atom stereocenters. The van der Waals surface area contributed by atoms with Gasteiger partial charge in [-0.1, -0.05) is 12.1 Å². The van der Waals surface area contributed by atoms with Gasteiger partial charge in [0.2, 0.25) is 0 Å². The molecule has 0 aliphatic carbocycles. The first kappa shape index (κ1) is 15.8. The third-order valence-corrected chi connectivity index (χ3v) is 3.08. The van der Waals surface area contributed by atoms with Crippen molar-refractivity contribution in [1.82, 2.24) is 0 Å². The lowest BCUT2D eigenvalue weighted by Crippen LogP contribution is -2.33. The molecule has 0 radical (unpaired) electrons. The molecule has 1 aliphatic rings. The molecule has 1 aromatic carbocycles. The molecule has 3 nitrogen and oxygen atoms in total. The van der Waals surface area contributed by atoms with Crippen LogP contribution in [0, 0.1) is 0 Å². The summed E-state index contributed by atoms with van der Waals surface area (Å²) in [6, 6.07) is 4.98. The van der Waals surface area contributed by atoms with Crippen molar-refractivity contribution in [2.75, 3.05) is 19.8 Å². The molecule has 2 rings (SSSR count). The SMILES string of the molecule is O=C(COCC(F)(F)C(F)F)c1cccc2c1OCCC2. The lowest BCUT2D eigenvalue weighted by atomic mass is 10.0. The highest BCUT2D eigenvalue weighted by molar-refractivity contribution is 6.00. The molecular weight excluding hydrogens is 292 g/mol. The summed E-state index contributed by atoms with van der Waals surface area (Å²) in [5.74, 6) is -4.40. The molecule has 0 bridgehead atoms. The van der Waals surface area contributed by atoms with E-state index in [1.54, 1.807) is 6.07 Å². The third kappa shape index (κ3) is 3.72. The number of Topliss-reactive ketones (excluding diaryl/α,β-unsaturated/α-hetero) is 1. The fourth-order valence-electron chi connectivity index (χ4n) is 2.03. The predicted octanol–water partition coefficient (Wildman–Crippen LogP) is 3.11. The minimum Gasteiger partial charge on any atom is -0.493 e. The number of halogens is 4. The minimum absolute atomic E-state index is 0.229. The Morgan fingerprint density at radius 2 is 2.14 bits per heavy atom. The lowest BCUT2D eigenvalue weighted by Gasteiger charge is -2.20. The van der Waals surface area contributed by atoms with Crippen molar-refractivity contribution in [2.24, 2.45) is 0 Å². The number of benzene rings is 1. The number of para-hydroxylation sites is 1. The Morgan fingerprint density at radius 3 is 2.86 bits per heavy atom. The van der Waals surface area contributed by atoms with E-state index < -0.39 is 31.3 Å². The molecule has 21 heavy (non-hydrogen) atoms. The Kier molecular flexibility index (Phi) is 4.82. The van der Waals surface area contributed by atoms with E-state index in [1.165, 1.54) is 6.07 Å². The van der Waals surface area contributed by atoms with Crippen LogP contribution in [0.3, 0.4) is 0 Å². The fourth-order valence-corrected chi connectivity index (χ4v) is 2.03. The molecule has 1 aliphatic heterocycles. The minimum atomic E-state index is -4.26. The summed E-state index contributed by atoms with van der Waals surface area (Å²) in [5.41, 5.74) is 1.09. The van der Waals surface area contributed by atoms with Crippen LogP contribution < -0.4 is 4.74 Å². The van der Waals surface area contributed by atoms with E-state index >= 15 is 0 Å². The van der Waals surface area contributed by atoms with Gasteiger partial charge in [0.1, 0.15) is 19.0 Å². The Balaban J connectivity index is 1.98. The van der Waals surface area contributed by atoms with Gasteiger partial charge in [-0.2, -0.15) is 8.78 Å². The van der Waals surface area contributed by atoms with E-state index in [0.29, 0.717) is 12.4 Å². The highest BCUT2D eigenvalue weighted by Gasteiger charge is 2.41. The van der Waals surface area contributed by atoms with E-state index in [-0.39, 0.29) is 5.56 Å².